The van der Waals surface area contributed by atoms with E-state index in [1.54, 1.807) is 0 Å². The topological polar surface area (TPSA) is 15.6 Å². The van der Waals surface area contributed by atoms with Gasteiger partial charge in [-0.2, -0.15) is 0 Å². The summed E-state index contributed by atoms with van der Waals surface area (Å²) < 4.78 is 0. The summed E-state index contributed by atoms with van der Waals surface area (Å²) in [6.45, 7) is 1.86. The van der Waals surface area contributed by atoms with E-state index in [0.717, 1.165) is 19.5 Å². The average Bonchev–Trinajstić information content (AvgIpc) is 2.55. The van der Waals surface area contributed by atoms with Gasteiger partial charge in [-0.05, 0) is 30.5 Å². The number of aliphatic imine (C=N–C) groups is 1. The highest BCUT2D eigenvalue weighted by Gasteiger charge is 2.15. The van der Waals surface area contributed by atoms with Gasteiger partial charge in [-0.15, -0.1) is 0 Å². The minimum absolute atomic E-state index is 0.893. The lowest BCUT2D eigenvalue weighted by Gasteiger charge is -2.28. The van der Waals surface area contributed by atoms with Crippen molar-refractivity contribution in [1.82, 2.24) is 0 Å². The highest BCUT2D eigenvalue weighted by atomic mass is 15.2. The third-order valence-electron chi connectivity index (χ3n) is 3.67. The fraction of sp³-hybridized carbons (Fsp3) is 0.278. The Morgan fingerprint density at radius 3 is 2.20 bits per heavy atom. The van der Waals surface area contributed by atoms with E-state index in [-0.39, 0.29) is 0 Å². The molecule has 2 nitrogen and oxygen atoms in total. The lowest BCUT2D eigenvalue weighted by molar-refractivity contribution is 0.721. The Morgan fingerprint density at radius 2 is 1.55 bits per heavy atom. The Bertz CT molecular complexity index is 560. The molecule has 3 rings (SSSR count). The quantitative estimate of drug-likeness (QED) is 0.808. The first-order chi connectivity index (χ1) is 9.93. The molecule has 0 saturated heterocycles. The lowest BCUT2D eigenvalue weighted by Crippen LogP contribution is -2.32. The minimum Gasteiger partial charge on any atom is -0.326 e. The zero-order valence-electron chi connectivity index (χ0n) is 11.7. The first kappa shape index (κ1) is 12.9. The zero-order valence-corrected chi connectivity index (χ0v) is 11.7. The van der Waals surface area contributed by atoms with E-state index >= 15 is 0 Å². The van der Waals surface area contributed by atoms with Crippen LogP contribution in [-0.2, 0) is 6.54 Å². The van der Waals surface area contributed by atoms with Gasteiger partial charge in [0.2, 0.25) is 0 Å². The van der Waals surface area contributed by atoms with Crippen molar-refractivity contribution in [2.75, 3.05) is 11.4 Å². The molecule has 0 radical (unpaired) electrons. The van der Waals surface area contributed by atoms with Crippen LogP contribution in [0, 0.1) is 0 Å². The number of nitrogens with zero attached hydrogens (tertiary/aromatic N) is 2. The average molecular weight is 264 g/mol. The van der Waals surface area contributed by atoms with Gasteiger partial charge in [0.05, 0.1) is 0 Å². The zero-order chi connectivity index (χ0) is 13.6. The number of amidine groups is 1. The number of hydrogen-bond donors (Lipinski definition) is 0. The van der Waals surface area contributed by atoms with Crippen LogP contribution in [0.3, 0.4) is 0 Å². The van der Waals surface area contributed by atoms with Gasteiger partial charge in [0.1, 0.15) is 5.84 Å². The molecule has 0 saturated carbocycles. The van der Waals surface area contributed by atoms with Crippen LogP contribution in [-0.4, -0.2) is 12.4 Å². The summed E-state index contributed by atoms with van der Waals surface area (Å²) >= 11 is 0. The summed E-state index contributed by atoms with van der Waals surface area (Å²) in [5.74, 6) is 1.23. The molecule has 0 spiro atoms. The van der Waals surface area contributed by atoms with Gasteiger partial charge in [0.15, 0.2) is 0 Å². The van der Waals surface area contributed by atoms with E-state index in [2.05, 4.69) is 65.6 Å². The molecule has 1 heterocycles. The molecule has 2 heteroatoms. The van der Waals surface area contributed by atoms with E-state index in [1.165, 1.54) is 29.9 Å². The molecule has 2 aromatic rings. The molecule has 1 aliphatic heterocycles. The summed E-state index contributed by atoms with van der Waals surface area (Å²) in [6, 6.07) is 21.2. The predicted octanol–water partition coefficient (Wildman–Crippen LogP) is 4.28. The molecule has 1 aliphatic rings. The lowest BCUT2D eigenvalue weighted by atomic mass is 10.1. The molecule has 0 amide bonds. The van der Waals surface area contributed by atoms with Crippen LogP contribution in [0.2, 0.25) is 0 Å². The molecule has 102 valence electrons. The molecule has 0 fully saturated rings. The highest BCUT2D eigenvalue weighted by Crippen LogP contribution is 2.21. The van der Waals surface area contributed by atoms with Crippen molar-refractivity contribution in [2.45, 2.75) is 25.8 Å². The van der Waals surface area contributed by atoms with E-state index < -0.39 is 0 Å². The van der Waals surface area contributed by atoms with Crippen molar-refractivity contribution < 1.29 is 0 Å². The molecule has 0 atom stereocenters. The maximum Gasteiger partial charge on any atom is 0.104 e. The second-order valence-electron chi connectivity index (χ2n) is 5.16. The minimum atomic E-state index is 0.893. The number of rotatable bonds is 3. The second-order valence-corrected chi connectivity index (χ2v) is 5.16. The fourth-order valence-corrected chi connectivity index (χ4v) is 2.61. The Hall–Kier alpha value is -2.09. The molecule has 0 bridgehead atoms. The summed E-state index contributed by atoms with van der Waals surface area (Å²) in [5, 5.41) is 0. The highest BCUT2D eigenvalue weighted by molar-refractivity contribution is 5.98. The molecule has 2 aromatic carbocycles. The van der Waals surface area contributed by atoms with Gasteiger partial charge >= 0.3 is 0 Å². The van der Waals surface area contributed by atoms with Gasteiger partial charge in [-0.1, -0.05) is 48.5 Å². The predicted molar refractivity (Wildman–Crippen MR) is 85.2 cm³/mol. The van der Waals surface area contributed by atoms with Crippen molar-refractivity contribution in [3.8, 4) is 0 Å². The maximum absolute atomic E-state index is 4.74. The number of para-hydroxylation sites is 1. The van der Waals surface area contributed by atoms with Crippen molar-refractivity contribution in [1.29, 1.82) is 0 Å². The van der Waals surface area contributed by atoms with Crippen molar-refractivity contribution in [3.63, 3.8) is 0 Å². The standard InChI is InChI=1S/C18H20N2/c1-3-9-16(10-4-1)15-20(17-11-5-2-6-12-17)18-13-7-8-14-19-18/h1-6,9-12H,7-8,13-15H2. The van der Waals surface area contributed by atoms with E-state index in [1.807, 2.05) is 0 Å². The second kappa shape index (κ2) is 6.38. The molecular weight excluding hydrogens is 244 g/mol. The Balaban J connectivity index is 1.89. The Kier molecular flexibility index (Phi) is 4.12. The van der Waals surface area contributed by atoms with E-state index in [4.69, 9.17) is 4.99 Å². The normalized spacial score (nSPS) is 14.7. The smallest absolute Gasteiger partial charge is 0.104 e. The van der Waals surface area contributed by atoms with Crippen molar-refractivity contribution >= 4 is 11.5 Å². The number of anilines is 1. The van der Waals surface area contributed by atoms with Crippen LogP contribution in [0.1, 0.15) is 24.8 Å². The van der Waals surface area contributed by atoms with Crippen LogP contribution >= 0.6 is 0 Å². The molecule has 0 aliphatic carbocycles. The summed E-state index contributed by atoms with van der Waals surface area (Å²) in [4.78, 5) is 7.10. The summed E-state index contributed by atoms with van der Waals surface area (Å²) in [5.41, 5.74) is 2.56. The first-order valence-electron chi connectivity index (χ1n) is 7.33. The SMILES string of the molecule is c1ccc(CN(C2=NCCCC2)c2ccccc2)cc1. The third kappa shape index (κ3) is 3.08. The van der Waals surface area contributed by atoms with Gasteiger partial charge in [0, 0.05) is 25.2 Å². The van der Waals surface area contributed by atoms with Crippen molar-refractivity contribution in [2.24, 2.45) is 4.99 Å². The van der Waals surface area contributed by atoms with Gasteiger partial charge in [-0.25, -0.2) is 0 Å². The monoisotopic (exact) mass is 264 g/mol. The van der Waals surface area contributed by atoms with E-state index in [9.17, 15) is 0 Å². The summed E-state index contributed by atoms with van der Waals surface area (Å²) in [7, 11) is 0. The van der Waals surface area contributed by atoms with Gasteiger partial charge < -0.3 is 4.90 Å². The molecule has 0 aromatic heterocycles. The van der Waals surface area contributed by atoms with Crippen molar-refractivity contribution in [3.05, 3.63) is 66.2 Å². The third-order valence-corrected chi connectivity index (χ3v) is 3.67. The molecule has 0 unspecified atom stereocenters. The largest absolute Gasteiger partial charge is 0.326 e. The molecule has 20 heavy (non-hydrogen) atoms. The molecule has 0 N–H and O–H groups in total. The first-order valence-corrected chi connectivity index (χ1v) is 7.33. The Labute approximate surface area is 120 Å². The van der Waals surface area contributed by atoms with Crippen LogP contribution < -0.4 is 4.90 Å². The van der Waals surface area contributed by atoms with Crippen LogP contribution in [0.15, 0.2) is 65.7 Å². The van der Waals surface area contributed by atoms with Gasteiger partial charge in [-0.3, -0.25) is 4.99 Å². The van der Waals surface area contributed by atoms with E-state index in [0.29, 0.717) is 0 Å². The number of hydrogen-bond acceptors (Lipinski definition) is 2. The fourth-order valence-electron chi connectivity index (χ4n) is 2.61. The van der Waals surface area contributed by atoms with Crippen LogP contribution in [0.25, 0.3) is 0 Å². The van der Waals surface area contributed by atoms with Crippen LogP contribution in [0.4, 0.5) is 5.69 Å². The molecular formula is C18H20N2. The van der Waals surface area contributed by atoms with Gasteiger partial charge in [0.25, 0.3) is 0 Å². The summed E-state index contributed by atoms with van der Waals surface area (Å²) in [6.07, 6.45) is 3.55. The van der Waals surface area contributed by atoms with Crippen LogP contribution in [0.5, 0.6) is 0 Å². The maximum atomic E-state index is 4.74. The Morgan fingerprint density at radius 1 is 0.850 bits per heavy atom. The number of benzene rings is 2.